The van der Waals surface area contributed by atoms with Crippen molar-refractivity contribution in [3.8, 4) is 0 Å². The van der Waals surface area contributed by atoms with Crippen molar-refractivity contribution < 1.29 is 9.72 Å². The molecular formula is C14H17N3O3. The third-order valence-corrected chi connectivity index (χ3v) is 4.24. The number of nitrogens with one attached hydrogen (secondary N) is 1. The van der Waals surface area contributed by atoms with Gasteiger partial charge >= 0.3 is 0 Å². The molecular weight excluding hydrogens is 258 g/mol. The fraction of sp³-hybridized carbons (Fsp3) is 0.500. The predicted molar refractivity (Wildman–Crippen MR) is 73.2 cm³/mol. The minimum absolute atomic E-state index is 0.0583. The maximum absolute atomic E-state index is 12.2. The van der Waals surface area contributed by atoms with E-state index in [1.807, 2.05) is 4.90 Å². The Kier molecular flexibility index (Phi) is 3.40. The van der Waals surface area contributed by atoms with Gasteiger partial charge in [-0.05, 0) is 17.4 Å². The van der Waals surface area contributed by atoms with E-state index >= 15 is 0 Å². The van der Waals surface area contributed by atoms with Crippen LogP contribution in [0.1, 0.15) is 5.56 Å². The van der Waals surface area contributed by atoms with Gasteiger partial charge in [-0.2, -0.15) is 0 Å². The molecule has 2 atom stereocenters. The Morgan fingerprint density at radius 1 is 1.25 bits per heavy atom. The van der Waals surface area contributed by atoms with E-state index in [0.717, 1.165) is 31.7 Å². The molecule has 1 N–H and O–H groups in total. The largest absolute Gasteiger partial charge is 0.342 e. The Morgan fingerprint density at radius 2 is 1.85 bits per heavy atom. The van der Waals surface area contributed by atoms with Crippen LogP contribution in [0.15, 0.2) is 24.3 Å². The smallest absolute Gasteiger partial charge is 0.269 e. The van der Waals surface area contributed by atoms with E-state index in [4.69, 9.17) is 0 Å². The fourth-order valence-corrected chi connectivity index (χ4v) is 3.08. The molecule has 6 nitrogen and oxygen atoms in total. The minimum Gasteiger partial charge on any atom is -0.342 e. The van der Waals surface area contributed by atoms with Crippen molar-refractivity contribution in [2.45, 2.75) is 6.42 Å². The highest BCUT2D eigenvalue weighted by molar-refractivity contribution is 5.79. The molecule has 6 heteroatoms. The minimum atomic E-state index is -0.430. The number of nitrogens with zero attached hydrogens (tertiary/aromatic N) is 2. The van der Waals surface area contributed by atoms with Crippen LogP contribution in [0.25, 0.3) is 0 Å². The zero-order chi connectivity index (χ0) is 14.1. The summed E-state index contributed by atoms with van der Waals surface area (Å²) in [7, 11) is 0. The van der Waals surface area contributed by atoms with Crippen LogP contribution in [0.5, 0.6) is 0 Å². The number of carbonyl (C=O) groups excluding carboxylic acids is 1. The summed E-state index contributed by atoms with van der Waals surface area (Å²) in [5.74, 6) is 1.31. The Bertz CT molecular complexity index is 517. The average molecular weight is 275 g/mol. The summed E-state index contributed by atoms with van der Waals surface area (Å²) in [4.78, 5) is 24.3. The van der Waals surface area contributed by atoms with Crippen LogP contribution in [-0.2, 0) is 11.2 Å². The van der Waals surface area contributed by atoms with Crippen LogP contribution in [0.3, 0.4) is 0 Å². The van der Waals surface area contributed by atoms with Crippen LogP contribution in [0.2, 0.25) is 0 Å². The third-order valence-electron chi connectivity index (χ3n) is 4.24. The van der Waals surface area contributed by atoms with E-state index in [0.29, 0.717) is 18.3 Å². The number of hydrogen-bond acceptors (Lipinski definition) is 4. The second-order valence-electron chi connectivity index (χ2n) is 5.58. The molecule has 1 aromatic rings. The maximum Gasteiger partial charge on any atom is 0.269 e. The van der Waals surface area contributed by atoms with Crippen LogP contribution in [0, 0.1) is 22.0 Å². The van der Waals surface area contributed by atoms with Gasteiger partial charge < -0.3 is 10.2 Å². The van der Waals surface area contributed by atoms with Gasteiger partial charge in [0.15, 0.2) is 0 Å². The first kappa shape index (κ1) is 13.1. The molecule has 0 aromatic heterocycles. The summed E-state index contributed by atoms with van der Waals surface area (Å²) in [6.45, 7) is 3.69. The van der Waals surface area contributed by atoms with Crippen molar-refractivity contribution in [2.75, 3.05) is 26.2 Å². The maximum atomic E-state index is 12.2. The van der Waals surface area contributed by atoms with E-state index < -0.39 is 4.92 Å². The lowest BCUT2D eigenvalue weighted by Crippen LogP contribution is -2.32. The van der Waals surface area contributed by atoms with Crippen LogP contribution < -0.4 is 5.32 Å². The highest BCUT2D eigenvalue weighted by atomic mass is 16.6. The summed E-state index contributed by atoms with van der Waals surface area (Å²) in [5.41, 5.74) is 0.888. The van der Waals surface area contributed by atoms with Gasteiger partial charge in [0.05, 0.1) is 11.3 Å². The molecule has 2 heterocycles. The van der Waals surface area contributed by atoms with E-state index in [1.165, 1.54) is 12.1 Å². The van der Waals surface area contributed by atoms with Gasteiger partial charge in [-0.3, -0.25) is 14.9 Å². The monoisotopic (exact) mass is 275 g/mol. The lowest BCUT2D eigenvalue weighted by atomic mass is 10.0. The van der Waals surface area contributed by atoms with E-state index in [-0.39, 0.29) is 11.6 Å². The Morgan fingerprint density at radius 3 is 2.40 bits per heavy atom. The first-order valence-corrected chi connectivity index (χ1v) is 6.85. The molecule has 1 amide bonds. The quantitative estimate of drug-likeness (QED) is 0.654. The molecule has 1 aromatic carbocycles. The second-order valence-corrected chi connectivity index (χ2v) is 5.58. The normalized spacial score (nSPS) is 24.7. The van der Waals surface area contributed by atoms with Crippen LogP contribution in [-0.4, -0.2) is 41.9 Å². The number of benzene rings is 1. The molecule has 2 fully saturated rings. The summed E-state index contributed by atoms with van der Waals surface area (Å²) in [6.07, 6.45) is 0.324. The number of hydrogen-bond donors (Lipinski definition) is 1. The summed E-state index contributed by atoms with van der Waals surface area (Å²) < 4.78 is 0. The molecule has 2 aliphatic rings. The van der Waals surface area contributed by atoms with Crippen LogP contribution >= 0.6 is 0 Å². The number of rotatable bonds is 3. The fourth-order valence-electron chi connectivity index (χ4n) is 3.08. The molecule has 20 heavy (non-hydrogen) atoms. The van der Waals surface area contributed by atoms with E-state index in [2.05, 4.69) is 5.32 Å². The first-order chi connectivity index (χ1) is 9.63. The second kappa shape index (κ2) is 5.20. The Hall–Kier alpha value is -1.95. The van der Waals surface area contributed by atoms with Gasteiger partial charge in [0.25, 0.3) is 5.69 Å². The first-order valence-electron chi connectivity index (χ1n) is 6.85. The van der Waals surface area contributed by atoms with Crippen molar-refractivity contribution in [2.24, 2.45) is 11.8 Å². The van der Waals surface area contributed by atoms with Crippen molar-refractivity contribution in [3.63, 3.8) is 0 Å². The number of nitro benzene ring substituents is 1. The average Bonchev–Trinajstić information content (AvgIpc) is 2.99. The standard InChI is InChI=1S/C14H17N3O3/c18-14(16-8-11-6-15-7-12(11)9-16)5-10-1-3-13(4-2-10)17(19)20/h1-4,11-12,15H,5-9H2/t11-,12+. The predicted octanol–water partition coefficient (Wildman–Crippen LogP) is 0.815. The molecule has 0 unspecified atom stereocenters. The van der Waals surface area contributed by atoms with Gasteiger partial charge in [0, 0.05) is 38.3 Å². The SMILES string of the molecule is O=C(Cc1ccc([N+](=O)[O-])cc1)N1C[C@H]2CNC[C@H]2C1. The Balaban J connectivity index is 1.60. The van der Waals surface area contributed by atoms with Gasteiger partial charge in [-0.1, -0.05) is 12.1 Å². The number of non-ortho nitro benzene ring substituents is 1. The van der Waals surface area contributed by atoms with Gasteiger partial charge in [0.1, 0.15) is 0 Å². The molecule has 0 spiro atoms. The van der Waals surface area contributed by atoms with Gasteiger partial charge in [0.2, 0.25) is 5.91 Å². The molecule has 0 saturated carbocycles. The lowest BCUT2D eigenvalue weighted by molar-refractivity contribution is -0.384. The molecule has 106 valence electrons. The van der Waals surface area contributed by atoms with Crippen molar-refractivity contribution >= 4 is 11.6 Å². The highest BCUT2D eigenvalue weighted by Crippen LogP contribution is 2.26. The number of nitro groups is 1. The van der Waals surface area contributed by atoms with Gasteiger partial charge in [-0.15, -0.1) is 0 Å². The Labute approximate surface area is 116 Å². The summed E-state index contributed by atoms with van der Waals surface area (Å²) in [5, 5.41) is 13.9. The van der Waals surface area contributed by atoms with Crippen molar-refractivity contribution in [3.05, 3.63) is 39.9 Å². The lowest BCUT2D eigenvalue weighted by Gasteiger charge is -2.17. The molecule has 0 radical (unpaired) electrons. The number of amides is 1. The summed E-state index contributed by atoms with van der Waals surface area (Å²) in [6, 6.07) is 6.22. The van der Waals surface area contributed by atoms with Crippen molar-refractivity contribution in [1.29, 1.82) is 0 Å². The number of carbonyl (C=O) groups is 1. The van der Waals surface area contributed by atoms with Gasteiger partial charge in [-0.25, -0.2) is 0 Å². The van der Waals surface area contributed by atoms with Crippen molar-refractivity contribution in [1.82, 2.24) is 10.2 Å². The van der Waals surface area contributed by atoms with E-state index in [9.17, 15) is 14.9 Å². The molecule has 3 rings (SSSR count). The van der Waals surface area contributed by atoms with Crippen LogP contribution in [0.4, 0.5) is 5.69 Å². The number of likely N-dealkylation sites (tertiary alicyclic amines) is 1. The topological polar surface area (TPSA) is 75.5 Å². The third kappa shape index (κ3) is 2.51. The molecule has 2 aliphatic heterocycles. The molecule has 0 bridgehead atoms. The highest BCUT2D eigenvalue weighted by Gasteiger charge is 2.37. The zero-order valence-electron chi connectivity index (χ0n) is 11.1. The zero-order valence-corrected chi connectivity index (χ0v) is 11.1. The summed E-state index contributed by atoms with van der Waals surface area (Å²) >= 11 is 0. The molecule has 0 aliphatic carbocycles. The molecule has 2 saturated heterocycles. The van der Waals surface area contributed by atoms with E-state index in [1.54, 1.807) is 12.1 Å². The number of fused-ring (bicyclic) bond motifs is 1.